The number of aliphatic hydroxyl groups is 2. The van der Waals surface area contributed by atoms with Crippen molar-refractivity contribution < 1.29 is 14.9 Å². The number of nitrogens with two attached hydrogens (primary N) is 1. The molecule has 0 bridgehead atoms. The van der Waals surface area contributed by atoms with Crippen LogP contribution in [0.4, 0.5) is 5.82 Å². The number of nitrogens with zero attached hydrogens (tertiary/aromatic N) is 4. The summed E-state index contributed by atoms with van der Waals surface area (Å²) in [7, 11) is 0. The van der Waals surface area contributed by atoms with Crippen LogP contribution in [-0.2, 0) is 10.5 Å². The Morgan fingerprint density at radius 3 is 2.77 bits per heavy atom. The number of nitrogens with one attached hydrogen (secondary N) is 1. The van der Waals surface area contributed by atoms with E-state index in [2.05, 4.69) is 19.9 Å². The Hall–Kier alpha value is -2.92. The van der Waals surface area contributed by atoms with Crippen molar-refractivity contribution in [1.82, 2.24) is 24.5 Å². The number of nitrogen functional groups attached to an aromatic ring is 1. The maximum absolute atomic E-state index is 10.6. The van der Waals surface area contributed by atoms with Gasteiger partial charge in [-0.25, -0.2) is 15.0 Å². The summed E-state index contributed by atoms with van der Waals surface area (Å²) < 4.78 is 7.72. The van der Waals surface area contributed by atoms with Crippen LogP contribution in [0.5, 0.6) is 0 Å². The van der Waals surface area contributed by atoms with Crippen molar-refractivity contribution in [2.75, 3.05) is 11.5 Å². The predicted octanol–water partition coefficient (Wildman–Crippen LogP) is 1.96. The number of benzene rings is 1. The molecular formula is C21H22N6O3S. The molecule has 0 aliphatic carbocycles. The minimum atomic E-state index is -1.08. The molecule has 0 spiro atoms. The third kappa shape index (κ3) is 3.68. The van der Waals surface area contributed by atoms with Gasteiger partial charge >= 0.3 is 0 Å². The minimum Gasteiger partial charge on any atom is -0.387 e. The molecule has 0 amide bonds. The standard InChI is InChI=1S/C21H22N6O3S/c22-19-13-6-7-27(20(13)26-11-25-19)21-18(29)17(28)15(30-21)9-31-8-14-16(24-10-23-14)12-4-2-1-3-5-12/h1-7,10-11,15,17-18,21,28-29H,8-9H2,(H,23,24)(H2,22,25,26)/t15-,17-,18-,21-/m1/s1. The number of aliphatic hydroxyl groups excluding tert-OH is 2. The molecule has 3 aromatic heterocycles. The number of fused-ring (bicyclic) bond motifs is 1. The Morgan fingerprint density at radius 1 is 1.10 bits per heavy atom. The summed E-state index contributed by atoms with van der Waals surface area (Å²) in [6.07, 6.45) is 1.43. The molecule has 31 heavy (non-hydrogen) atoms. The fraction of sp³-hybridized carbons (Fsp3) is 0.286. The number of H-pyrrole nitrogens is 1. The van der Waals surface area contributed by atoms with Crippen molar-refractivity contribution in [3.63, 3.8) is 0 Å². The van der Waals surface area contributed by atoms with E-state index in [1.54, 1.807) is 34.9 Å². The van der Waals surface area contributed by atoms with Gasteiger partial charge in [-0.1, -0.05) is 30.3 Å². The van der Waals surface area contributed by atoms with Gasteiger partial charge in [0.2, 0.25) is 0 Å². The average molecular weight is 439 g/mol. The molecule has 4 atom stereocenters. The predicted molar refractivity (Wildman–Crippen MR) is 118 cm³/mol. The van der Waals surface area contributed by atoms with Gasteiger partial charge in [0.15, 0.2) is 6.23 Å². The van der Waals surface area contributed by atoms with Crippen molar-refractivity contribution in [1.29, 1.82) is 0 Å². The van der Waals surface area contributed by atoms with Gasteiger partial charge in [-0.2, -0.15) is 11.8 Å². The second-order valence-corrected chi connectivity index (χ2v) is 8.41. The number of anilines is 1. The topological polar surface area (TPSA) is 135 Å². The summed E-state index contributed by atoms with van der Waals surface area (Å²) in [6, 6.07) is 11.8. The number of aromatic amines is 1. The summed E-state index contributed by atoms with van der Waals surface area (Å²) in [5.74, 6) is 1.55. The summed E-state index contributed by atoms with van der Waals surface area (Å²) in [6.45, 7) is 0. The number of ether oxygens (including phenoxy) is 1. The van der Waals surface area contributed by atoms with Crippen molar-refractivity contribution >= 4 is 28.6 Å². The highest BCUT2D eigenvalue weighted by Crippen LogP contribution is 2.34. The lowest BCUT2D eigenvalue weighted by atomic mass is 10.1. The van der Waals surface area contributed by atoms with Gasteiger partial charge in [-0.15, -0.1) is 0 Å². The summed E-state index contributed by atoms with van der Waals surface area (Å²) in [5.41, 5.74) is 9.42. The highest BCUT2D eigenvalue weighted by molar-refractivity contribution is 7.98. The van der Waals surface area contributed by atoms with E-state index in [1.807, 2.05) is 30.3 Å². The maximum Gasteiger partial charge on any atom is 0.164 e. The van der Waals surface area contributed by atoms with Gasteiger partial charge in [-0.3, -0.25) is 0 Å². The van der Waals surface area contributed by atoms with E-state index >= 15 is 0 Å². The smallest absolute Gasteiger partial charge is 0.164 e. The number of thioether (sulfide) groups is 1. The van der Waals surface area contributed by atoms with Gasteiger partial charge in [0.1, 0.15) is 30.0 Å². The Balaban J connectivity index is 1.26. The monoisotopic (exact) mass is 438 g/mol. The molecule has 1 fully saturated rings. The SMILES string of the molecule is Nc1ncnc2c1ccn2[C@@H]1O[C@H](CSCc2[nH]cnc2-c2ccccc2)[C@@H](O)[C@H]1O. The minimum absolute atomic E-state index is 0.359. The first kappa shape index (κ1) is 20.0. The lowest BCUT2D eigenvalue weighted by molar-refractivity contribution is -0.0285. The van der Waals surface area contributed by atoms with Crippen LogP contribution < -0.4 is 5.73 Å². The van der Waals surface area contributed by atoms with E-state index in [4.69, 9.17) is 10.5 Å². The number of imidazole rings is 1. The first-order valence-electron chi connectivity index (χ1n) is 9.87. The van der Waals surface area contributed by atoms with Crippen molar-refractivity contribution in [3.8, 4) is 11.3 Å². The zero-order valence-electron chi connectivity index (χ0n) is 16.5. The van der Waals surface area contributed by atoms with Crippen LogP contribution in [0.1, 0.15) is 11.9 Å². The van der Waals surface area contributed by atoms with Crippen LogP contribution >= 0.6 is 11.8 Å². The Morgan fingerprint density at radius 2 is 1.94 bits per heavy atom. The molecule has 0 radical (unpaired) electrons. The van der Waals surface area contributed by atoms with Crippen LogP contribution in [0, 0.1) is 0 Å². The number of aromatic nitrogens is 5. The Labute approximate surface area is 182 Å². The van der Waals surface area contributed by atoms with E-state index in [1.165, 1.54) is 6.33 Å². The molecule has 1 aliphatic heterocycles. The van der Waals surface area contributed by atoms with Crippen molar-refractivity contribution in [3.05, 3.63) is 60.9 Å². The molecule has 10 heteroatoms. The van der Waals surface area contributed by atoms with E-state index < -0.39 is 24.5 Å². The van der Waals surface area contributed by atoms with Crippen molar-refractivity contribution in [2.45, 2.75) is 30.3 Å². The first-order valence-corrected chi connectivity index (χ1v) is 11.0. The normalized spacial score (nSPS) is 23.5. The van der Waals surface area contributed by atoms with Gasteiger partial charge in [0.05, 0.1) is 29.2 Å². The zero-order valence-corrected chi connectivity index (χ0v) is 17.3. The Bertz CT molecular complexity index is 1180. The third-order valence-corrected chi connectivity index (χ3v) is 6.50. The van der Waals surface area contributed by atoms with E-state index in [0.29, 0.717) is 28.4 Å². The molecule has 4 aromatic rings. The largest absolute Gasteiger partial charge is 0.387 e. The number of rotatable bonds is 6. The van der Waals surface area contributed by atoms with Crippen LogP contribution in [-0.4, -0.2) is 58.8 Å². The average Bonchev–Trinajstić information content (AvgIpc) is 3.49. The molecule has 1 aromatic carbocycles. The molecular weight excluding hydrogens is 416 g/mol. The van der Waals surface area contributed by atoms with Gasteiger partial charge in [0.25, 0.3) is 0 Å². The lowest BCUT2D eigenvalue weighted by Gasteiger charge is -2.17. The lowest BCUT2D eigenvalue weighted by Crippen LogP contribution is -2.32. The van der Waals surface area contributed by atoms with E-state index in [0.717, 1.165) is 17.0 Å². The summed E-state index contributed by atoms with van der Waals surface area (Å²) >= 11 is 1.61. The second kappa shape index (κ2) is 8.31. The van der Waals surface area contributed by atoms with Crippen LogP contribution in [0.2, 0.25) is 0 Å². The molecule has 1 saturated heterocycles. The summed E-state index contributed by atoms with van der Waals surface area (Å²) in [5, 5.41) is 21.9. The molecule has 1 aliphatic rings. The van der Waals surface area contributed by atoms with E-state index in [-0.39, 0.29) is 0 Å². The Kier molecular flexibility index (Phi) is 5.36. The second-order valence-electron chi connectivity index (χ2n) is 7.38. The fourth-order valence-electron chi connectivity index (χ4n) is 3.85. The van der Waals surface area contributed by atoms with Crippen molar-refractivity contribution in [2.24, 2.45) is 0 Å². The molecule has 160 valence electrons. The maximum atomic E-state index is 10.6. The third-order valence-electron chi connectivity index (χ3n) is 5.45. The molecule has 0 saturated carbocycles. The molecule has 5 rings (SSSR count). The highest BCUT2D eigenvalue weighted by Gasteiger charge is 2.43. The quantitative estimate of drug-likeness (QED) is 0.359. The zero-order chi connectivity index (χ0) is 21.4. The first-order chi connectivity index (χ1) is 15.1. The van der Waals surface area contributed by atoms with Crippen LogP contribution in [0.25, 0.3) is 22.3 Å². The highest BCUT2D eigenvalue weighted by atomic mass is 32.2. The van der Waals surface area contributed by atoms with Gasteiger partial charge < -0.3 is 30.2 Å². The van der Waals surface area contributed by atoms with Crippen LogP contribution in [0.3, 0.4) is 0 Å². The number of hydrogen-bond acceptors (Lipinski definition) is 8. The molecule has 5 N–H and O–H groups in total. The molecule has 9 nitrogen and oxygen atoms in total. The van der Waals surface area contributed by atoms with Crippen LogP contribution in [0.15, 0.2) is 55.2 Å². The summed E-state index contributed by atoms with van der Waals surface area (Å²) in [4.78, 5) is 15.8. The molecule has 4 heterocycles. The van der Waals surface area contributed by atoms with Gasteiger partial charge in [0, 0.05) is 23.3 Å². The molecule has 0 unspecified atom stereocenters. The fourth-order valence-corrected chi connectivity index (χ4v) is 4.90. The van der Waals surface area contributed by atoms with E-state index in [9.17, 15) is 10.2 Å². The van der Waals surface area contributed by atoms with Gasteiger partial charge in [-0.05, 0) is 6.07 Å². The number of hydrogen-bond donors (Lipinski definition) is 4.